The van der Waals surface area contributed by atoms with Crippen LogP contribution in [-0.2, 0) is 4.74 Å². The lowest BCUT2D eigenvalue weighted by Gasteiger charge is -2.31. The van der Waals surface area contributed by atoms with Crippen molar-refractivity contribution in [3.8, 4) is 0 Å². The minimum absolute atomic E-state index is 0.379. The predicted octanol–water partition coefficient (Wildman–Crippen LogP) is 3.17. The summed E-state index contributed by atoms with van der Waals surface area (Å²) in [6, 6.07) is 2.62. The highest BCUT2D eigenvalue weighted by atomic mass is 16.5. The van der Waals surface area contributed by atoms with Crippen LogP contribution in [0.5, 0.6) is 0 Å². The Hall–Kier alpha value is -0.930. The summed E-state index contributed by atoms with van der Waals surface area (Å²) in [5.41, 5.74) is 3.77. The van der Waals surface area contributed by atoms with E-state index in [1.807, 2.05) is 6.20 Å². The second-order valence-electron chi connectivity index (χ2n) is 5.60. The number of nitrogens with one attached hydrogen (secondary N) is 1. The number of pyridine rings is 1. The molecular formula is C16H26N2O. The molecule has 3 heteroatoms. The van der Waals surface area contributed by atoms with Gasteiger partial charge in [0, 0.05) is 19.4 Å². The Bertz CT molecular complexity index is 400. The molecule has 0 aromatic carbocycles. The Morgan fingerprint density at radius 3 is 2.74 bits per heavy atom. The molecule has 1 N–H and O–H groups in total. The Morgan fingerprint density at radius 1 is 1.37 bits per heavy atom. The van der Waals surface area contributed by atoms with Gasteiger partial charge in [-0.3, -0.25) is 4.98 Å². The van der Waals surface area contributed by atoms with Gasteiger partial charge in [-0.1, -0.05) is 13.0 Å². The van der Waals surface area contributed by atoms with Crippen molar-refractivity contribution < 1.29 is 4.74 Å². The van der Waals surface area contributed by atoms with Crippen molar-refractivity contribution >= 4 is 0 Å². The Balaban J connectivity index is 2.19. The zero-order chi connectivity index (χ0) is 13.7. The number of hydrogen-bond acceptors (Lipinski definition) is 3. The molecule has 1 saturated heterocycles. The summed E-state index contributed by atoms with van der Waals surface area (Å²) < 4.78 is 5.49. The summed E-state index contributed by atoms with van der Waals surface area (Å²) in [6.07, 6.45) is 5.42. The fraction of sp³-hybridized carbons (Fsp3) is 0.688. The van der Waals surface area contributed by atoms with Crippen LogP contribution in [0.15, 0.2) is 12.3 Å². The third kappa shape index (κ3) is 3.77. The Labute approximate surface area is 116 Å². The molecule has 0 bridgehead atoms. The number of aromatic nitrogens is 1. The molecule has 1 unspecified atom stereocenters. The number of nitrogens with zero attached hydrogens (tertiary/aromatic N) is 1. The SMILES string of the molecule is CCCNC(c1ncc(C)cc1C)C1CCOCC1. The van der Waals surface area contributed by atoms with Gasteiger partial charge in [-0.05, 0) is 56.7 Å². The van der Waals surface area contributed by atoms with Crippen molar-refractivity contribution in [1.82, 2.24) is 10.3 Å². The van der Waals surface area contributed by atoms with Crippen LogP contribution in [0.2, 0.25) is 0 Å². The average Bonchev–Trinajstić information content (AvgIpc) is 2.42. The quantitative estimate of drug-likeness (QED) is 0.885. The summed E-state index contributed by atoms with van der Waals surface area (Å²) >= 11 is 0. The van der Waals surface area contributed by atoms with E-state index in [1.165, 1.54) is 16.8 Å². The van der Waals surface area contributed by atoms with Crippen molar-refractivity contribution in [2.75, 3.05) is 19.8 Å². The van der Waals surface area contributed by atoms with Crippen LogP contribution >= 0.6 is 0 Å². The van der Waals surface area contributed by atoms with E-state index in [0.29, 0.717) is 12.0 Å². The lowest BCUT2D eigenvalue weighted by molar-refractivity contribution is 0.0530. The van der Waals surface area contributed by atoms with E-state index in [0.717, 1.165) is 39.0 Å². The first-order valence-electron chi connectivity index (χ1n) is 7.46. The molecule has 2 rings (SSSR count). The van der Waals surface area contributed by atoms with Crippen LogP contribution in [0, 0.1) is 19.8 Å². The molecule has 1 fully saturated rings. The lowest BCUT2D eigenvalue weighted by atomic mass is 9.87. The fourth-order valence-corrected chi connectivity index (χ4v) is 2.89. The third-order valence-corrected chi connectivity index (χ3v) is 3.90. The predicted molar refractivity (Wildman–Crippen MR) is 78.3 cm³/mol. The van der Waals surface area contributed by atoms with Gasteiger partial charge < -0.3 is 10.1 Å². The largest absolute Gasteiger partial charge is 0.381 e. The summed E-state index contributed by atoms with van der Waals surface area (Å²) in [5.74, 6) is 0.647. The smallest absolute Gasteiger partial charge is 0.0605 e. The van der Waals surface area contributed by atoms with Gasteiger partial charge in [0.25, 0.3) is 0 Å². The van der Waals surface area contributed by atoms with Crippen LogP contribution in [-0.4, -0.2) is 24.7 Å². The molecule has 0 saturated carbocycles. The van der Waals surface area contributed by atoms with Crippen molar-refractivity contribution in [3.05, 3.63) is 29.1 Å². The van der Waals surface area contributed by atoms with Gasteiger partial charge >= 0.3 is 0 Å². The van der Waals surface area contributed by atoms with Crippen molar-refractivity contribution in [2.45, 2.75) is 46.1 Å². The molecule has 0 spiro atoms. The first kappa shape index (κ1) is 14.5. The van der Waals surface area contributed by atoms with Crippen LogP contribution < -0.4 is 5.32 Å². The highest BCUT2D eigenvalue weighted by Gasteiger charge is 2.26. The maximum atomic E-state index is 5.49. The van der Waals surface area contributed by atoms with E-state index >= 15 is 0 Å². The van der Waals surface area contributed by atoms with E-state index in [1.54, 1.807) is 0 Å². The molecule has 2 heterocycles. The molecule has 1 aliphatic rings. The highest BCUT2D eigenvalue weighted by Crippen LogP contribution is 2.30. The molecule has 0 radical (unpaired) electrons. The fourth-order valence-electron chi connectivity index (χ4n) is 2.89. The van der Waals surface area contributed by atoms with E-state index in [9.17, 15) is 0 Å². The van der Waals surface area contributed by atoms with Crippen molar-refractivity contribution in [2.24, 2.45) is 5.92 Å². The maximum Gasteiger partial charge on any atom is 0.0605 e. The second-order valence-corrected chi connectivity index (χ2v) is 5.60. The molecule has 19 heavy (non-hydrogen) atoms. The molecule has 1 aliphatic heterocycles. The molecular weight excluding hydrogens is 236 g/mol. The minimum Gasteiger partial charge on any atom is -0.381 e. The van der Waals surface area contributed by atoms with Crippen LogP contribution in [0.4, 0.5) is 0 Å². The number of rotatable bonds is 5. The Morgan fingerprint density at radius 2 is 2.11 bits per heavy atom. The maximum absolute atomic E-state index is 5.49. The van der Waals surface area contributed by atoms with Gasteiger partial charge in [-0.25, -0.2) is 0 Å². The summed E-state index contributed by atoms with van der Waals surface area (Å²) in [7, 11) is 0. The second kappa shape index (κ2) is 7.01. The Kier molecular flexibility index (Phi) is 5.34. The molecule has 1 atom stereocenters. The van der Waals surface area contributed by atoms with Gasteiger partial charge in [0.1, 0.15) is 0 Å². The third-order valence-electron chi connectivity index (χ3n) is 3.90. The van der Waals surface area contributed by atoms with Crippen molar-refractivity contribution in [1.29, 1.82) is 0 Å². The summed E-state index contributed by atoms with van der Waals surface area (Å²) in [6.45, 7) is 9.32. The van der Waals surface area contributed by atoms with Gasteiger partial charge in [0.15, 0.2) is 0 Å². The van der Waals surface area contributed by atoms with Crippen molar-refractivity contribution in [3.63, 3.8) is 0 Å². The number of hydrogen-bond donors (Lipinski definition) is 1. The zero-order valence-electron chi connectivity index (χ0n) is 12.4. The summed E-state index contributed by atoms with van der Waals surface area (Å²) in [5, 5.41) is 3.70. The van der Waals surface area contributed by atoms with E-state index in [4.69, 9.17) is 9.72 Å². The molecule has 106 valence electrons. The molecule has 3 nitrogen and oxygen atoms in total. The molecule has 0 amide bonds. The minimum atomic E-state index is 0.379. The highest BCUT2D eigenvalue weighted by molar-refractivity contribution is 5.26. The zero-order valence-corrected chi connectivity index (χ0v) is 12.4. The molecule has 0 aliphatic carbocycles. The van der Waals surface area contributed by atoms with E-state index in [2.05, 4.69) is 32.2 Å². The average molecular weight is 262 g/mol. The van der Waals surface area contributed by atoms with Crippen LogP contribution in [0.1, 0.15) is 49.0 Å². The van der Waals surface area contributed by atoms with E-state index < -0.39 is 0 Å². The van der Waals surface area contributed by atoms with Gasteiger partial charge in [0.05, 0.1) is 11.7 Å². The number of ether oxygens (including phenoxy) is 1. The standard InChI is InChI=1S/C16H26N2O/c1-4-7-17-16(14-5-8-19-9-6-14)15-13(3)10-12(2)11-18-15/h10-11,14,16-17H,4-9H2,1-3H3. The summed E-state index contributed by atoms with van der Waals surface area (Å²) in [4.78, 5) is 4.70. The van der Waals surface area contributed by atoms with Gasteiger partial charge in [-0.2, -0.15) is 0 Å². The van der Waals surface area contributed by atoms with Crippen LogP contribution in [0.25, 0.3) is 0 Å². The first-order chi connectivity index (χ1) is 9.22. The normalized spacial score (nSPS) is 18.5. The monoisotopic (exact) mass is 262 g/mol. The lowest BCUT2D eigenvalue weighted by Crippen LogP contribution is -2.33. The first-order valence-corrected chi connectivity index (χ1v) is 7.46. The molecule has 1 aromatic rings. The molecule has 1 aromatic heterocycles. The topological polar surface area (TPSA) is 34.2 Å². The number of aryl methyl sites for hydroxylation is 2. The van der Waals surface area contributed by atoms with E-state index in [-0.39, 0.29) is 0 Å². The van der Waals surface area contributed by atoms with Crippen LogP contribution in [0.3, 0.4) is 0 Å². The van der Waals surface area contributed by atoms with Gasteiger partial charge in [0.2, 0.25) is 0 Å². The van der Waals surface area contributed by atoms with Gasteiger partial charge in [-0.15, -0.1) is 0 Å².